The van der Waals surface area contributed by atoms with Gasteiger partial charge in [-0.15, -0.1) is 0 Å². The maximum absolute atomic E-state index is 11.4. The molecule has 2 rings (SSSR count). The molecule has 21 heavy (non-hydrogen) atoms. The SMILES string of the molecule is CC1(C)C=C(c2ccc([N+](=O)[O-])cn2)CC(C)(C(=O)O)O1. The van der Waals surface area contributed by atoms with E-state index in [1.165, 1.54) is 19.1 Å². The quantitative estimate of drug-likeness (QED) is 0.678. The van der Waals surface area contributed by atoms with E-state index in [0.717, 1.165) is 6.20 Å². The van der Waals surface area contributed by atoms with Gasteiger partial charge in [-0.05, 0) is 38.5 Å². The fourth-order valence-corrected chi connectivity index (χ4v) is 2.45. The molecule has 1 N–H and O–H groups in total. The number of carbonyl (C=O) groups is 1. The number of hydrogen-bond donors (Lipinski definition) is 1. The summed E-state index contributed by atoms with van der Waals surface area (Å²) in [5.41, 5.74) is -0.997. The molecule has 112 valence electrons. The second-order valence-electron chi connectivity index (χ2n) is 5.75. The van der Waals surface area contributed by atoms with Crippen LogP contribution in [0.2, 0.25) is 0 Å². The number of aliphatic carboxylic acids is 1. The molecule has 0 spiro atoms. The molecule has 0 radical (unpaired) electrons. The Hall–Kier alpha value is -2.28. The summed E-state index contributed by atoms with van der Waals surface area (Å²) in [6, 6.07) is 2.87. The average Bonchev–Trinajstić information content (AvgIpc) is 2.36. The minimum Gasteiger partial charge on any atom is -0.479 e. The van der Waals surface area contributed by atoms with Gasteiger partial charge in [-0.3, -0.25) is 10.1 Å². The number of ether oxygens (including phenoxy) is 1. The van der Waals surface area contributed by atoms with Crippen molar-refractivity contribution in [1.82, 2.24) is 4.98 Å². The molecule has 1 unspecified atom stereocenters. The Morgan fingerprint density at radius 2 is 2.10 bits per heavy atom. The summed E-state index contributed by atoms with van der Waals surface area (Å²) in [5, 5.41) is 20.0. The van der Waals surface area contributed by atoms with E-state index in [-0.39, 0.29) is 12.1 Å². The predicted octanol–water partition coefficient (Wildman–Crippen LogP) is 2.42. The lowest BCUT2D eigenvalue weighted by atomic mass is 9.86. The molecule has 1 aromatic rings. The van der Waals surface area contributed by atoms with Crippen molar-refractivity contribution >= 4 is 17.2 Å². The summed E-state index contributed by atoms with van der Waals surface area (Å²) in [6.45, 7) is 5.03. The van der Waals surface area contributed by atoms with Crippen molar-refractivity contribution in [1.29, 1.82) is 0 Å². The van der Waals surface area contributed by atoms with Crippen molar-refractivity contribution in [3.05, 3.63) is 40.2 Å². The number of aromatic nitrogens is 1. The lowest BCUT2D eigenvalue weighted by molar-refractivity contribution is -0.385. The molecule has 0 saturated heterocycles. The van der Waals surface area contributed by atoms with Crippen molar-refractivity contribution in [2.75, 3.05) is 0 Å². The summed E-state index contributed by atoms with van der Waals surface area (Å²) >= 11 is 0. The maximum Gasteiger partial charge on any atom is 0.336 e. The molecule has 0 amide bonds. The fraction of sp³-hybridized carbons (Fsp3) is 0.429. The third-order valence-electron chi connectivity index (χ3n) is 3.28. The molecule has 1 aliphatic rings. The first kappa shape index (κ1) is 15.1. The van der Waals surface area contributed by atoms with Crippen LogP contribution in [-0.2, 0) is 9.53 Å². The maximum atomic E-state index is 11.4. The monoisotopic (exact) mass is 292 g/mol. The van der Waals surface area contributed by atoms with Gasteiger partial charge in [-0.2, -0.15) is 0 Å². The molecule has 0 aliphatic carbocycles. The van der Waals surface area contributed by atoms with Crippen molar-refractivity contribution in [3.8, 4) is 0 Å². The van der Waals surface area contributed by atoms with E-state index in [9.17, 15) is 20.0 Å². The van der Waals surface area contributed by atoms with E-state index in [0.29, 0.717) is 11.3 Å². The standard InChI is InChI=1S/C14H16N2O5/c1-13(2)6-9(7-14(3,21-13)12(17)18)11-5-4-10(8-15-11)16(19)20/h4-6,8H,7H2,1-3H3,(H,17,18). The van der Waals surface area contributed by atoms with E-state index in [1.807, 2.05) is 0 Å². The highest BCUT2D eigenvalue weighted by Gasteiger charge is 2.43. The number of nitrogens with zero attached hydrogens (tertiary/aromatic N) is 2. The molecule has 2 heterocycles. The van der Waals surface area contributed by atoms with E-state index < -0.39 is 22.1 Å². The number of carboxylic acid groups (broad SMARTS) is 1. The van der Waals surface area contributed by atoms with Gasteiger partial charge in [0.25, 0.3) is 5.69 Å². The normalized spacial score (nSPS) is 24.2. The van der Waals surface area contributed by atoms with Gasteiger partial charge < -0.3 is 9.84 Å². The van der Waals surface area contributed by atoms with Gasteiger partial charge in [0.1, 0.15) is 6.20 Å². The summed E-state index contributed by atoms with van der Waals surface area (Å²) in [7, 11) is 0. The molecule has 1 aromatic heterocycles. The van der Waals surface area contributed by atoms with Gasteiger partial charge in [0.2, 0.25) is 0 Å². The zero-order valence-electron chi connectivity index (χ0n) is 12.0. The Morgan fingerprint density at radius 3 is 2.57 bits per heavy atom. The van der Waals surface area contributed by atoms with Crippen molar-refractivity contribution in [3.63, 3.8) is 0 Å². The van der Waals surface area contributed by atoms with Crippen molar-refractivity contribution in [2.24, 2.45) is 0 Å². The Bertz CT molecular complexity index is 621. The zero-order valence-corrected chi connectivity index (χ0v) is 12.0. The average molecular weight is 292 g/mol. The molecular formula is C14H16N2O5. The Balaban J connectivity index is 2.40. The number of carboxylic acids is 1. The molecule has 0 bridgehead atoms. The Labute approximate surface area is 121 Å². The van der Waals surface area contributed by atoms with Crippen molar-refractivity contribution in [2.45, 2.75) is 38.4 Å². The third kappa shape index (κ3) is 3.08. The highest BCUT2D eigenvalue weighted by Crippen LogP contribution is 2.38. The lowest BCUT2D eigenvalue weighted by Crippen LogP contribution is -2.47. The van der Waals surface area contributed by atoms with E-state index >= 15 is 0 Å². The number of pyridine rings is 1. The van der Waals surface area contributed by atoms with Gasteiger partial charge >= 0.3 is 5.97 Å². The fourth-order valence-electron chi connectivity index (χ4n) is 2.45. The molecule has 1 atom stereocenters. The first-order valence-corrected chi connectivity index (χ1v) is 6.39. The molecule has 7 heteroatoms. The van der Waals surface area contributed by atoms with Crippen molar-refractivity contribution < 1.29 is 19.6 Å². The Morgan fingerprint density at radius 1 is 1.43 bits per heavy atom. The van der Waals surface area contributed by atoms with Gasteiger partial charge in [-0.25, -0.2) is 9.78 Å². The number of nitro groups is 1. The van der Waals surface area contributed by atoms with Gasteiger partial charge in [0.05, 0.1) is 16.2 Å². The largest absolute Gasteiger partial charge is 0.479 e. The summed E-state index contributed by atoms with van der Waals surface area (Å²) in [5.74, 6) is -1.05. The second kappa shape index (κ2) is 4.92. The molecular weight excluding hydrogens is 276 g/mol. The van der Waals surface area contributed by atoms with Crippen LogP contribution in [0.1, 0.15) is 32.9 Å². The summed E-state index contributed by atoms with van der Waals surface area (Å²) < 4.78 is 5.62. The molecule has 1 aliphatic heterocycles. The van der Waals surface area contributed by atoms with Crippen LogP contribution in [0.15, 0.2) is 24.4 Å². The molecule has 0 saturated carbocycles. The van der Waals surface area contributed by atoms with Crippen LogP contribution in [0.4, 0.5) is 5.69 Å². The summed E-state index contributed by atoms with van der Waals surface area (Å²) in [4.78, 5) is 25.6. The number of hydrogen-bond acceptors (Lipinski definition) is 5. The second-order valence-corrected chi connectivity index (χ2v) is 5.75. The predicted molar refractivity (Wildman–Crippen MR) is 74.7 cm³/mol. The van der Waals surface area contributed by atoms with Crippen LogP contribution < -0.4 is 0 Å². The van der Waals surface area contributed by atoms with Crippen LogP contribution in [0, 0.1) is 10.1 Å². The van der Waals surface area contributed by atoms with Gasteiger partial charge in [-0.1, -0.05) is 0 Å². The first-order valence-electron chi connectivity index (χ1n) is 6.39. The minimum absolute atomic E-state index is 0.105. The Kier molecular flexibility index (Phi) is 3.54. The zero-order chi connectivity index (χ0) is 15.8. The highest BCUT2D eigenvalue weighted by atomic mass is 16.6. The van der Waals surface area contributed by atoms with E-state index in [4.69, 9.17) is 4.74 Å². The van der Waals surface area contributed by atoms with Crippen LogP contribution in [0.25, 0.3) is 5.57 Å². The smallest absolute Gasteiger partial charge is 0.336 e. The van der Waals surface area contributed by atoms with Crippen LogP contribution in [-0.4, -0.2) is 32.2 Å². The number of rotatable bonds is 3. The first-order chi connectivity index (χ1) is 9.63. The van der Waals surface area contributed by atoms with Crippen LogP contribution >= 0.6 is 0 Å². The molecule has 7 nitrogen and oxygen atoms in total. The van der Waals surface area contributed by atoms with Crippen LogP contribution in [0.5, 0.6) is 0 Å². The van der Waals surface area contributed by atoms with Crippen LogP contribution in [0.3, 0.4) is 0 Å². The van der Waals surface area contributed by atoms with Gasteiger partial charge in [0, 0.05) is 12.5 Å². The highest BCUT2D eigenvalue weighted by molar-refractivity contribution is 5.82. The molecule has 0 fully saturated rings. The topological polar surface area (TPSA) is 103 Å². The van der Waals surface area contributed by atoms with E-state index in [2.05, 4.69) is 4.98 Å². The van der Waals surface area contributed by atoms with E-state index in [1.54, 1.807) is 19.9 Å². The lowest BCUT2D eigenvalue weighted by Gasteiger charge is -2.39. The van der Waals surface area contributed by atoms with Gasteiger partial charge in [0.15, 0.2) is 5.60 Å². The summed E-state index contributed by atoms with van der Waals surface area (Å²) in [6.07, 6.45) is 3.11. The third-order valence-corrected chi connectivity index (χ3v) is 3.28. The minimum atomic E-state index is -1.35. The molecule has 0 aromatic carbocycles.